The molecule has 1 amide bonds. The lowest BCUT2D eigenvalue weighted by molar-refractivity contribution is -0.897. The first-order valence-corrected chi connectivity index (χ1v) is 7.33. The number of quaternary nitrogens is 1. The number of anilines is 1. The number of nitriles is 1. The number of benzene rings is 1. The lowest BCUT2D eigenvalue weighted by Gasteiger charge is -2.27. The fraction of sp³-hybridized carbons (Fsp3) is 0.438. The van der Waals surface area contributed by atoms with Crippen LogP contribution < -0.4 is 10.2 Å². The second-order valence-corrected chi connectivity index (χ2v) is 5.46. The van der Waals surface area contributed by atoms with Gasteiger partial charge < -0.3 is 15.0 Å². The number of nitrogens with zero attached hydrogens (tertiary/aromatic N) is 1. The fourth-order valence-corrected chi connectivity index (χ4v) is 2.70. The summed E-state index contributed by atoms with van der Waals surface area (Å²) < 4.78 is 4.75. The zero-order chi connectivity index (χ0) is 15.9. The van der Waals surface area contributed by atoms with E-state index in [0.717, 1.165) is 30.8 Å². The zero-order valence-corrected chi connectivity index (χ0v) is 12.6. The number of carbonyl (C=O) groups excluding carboxylic acids is 2. The molecule has 1 saturated heterocycles. The van der Waals surface area contributed by atoms with Crippen LogP contribution in [0.15, 0.2) is 24.3 Å². The molecule has 0 atom stereocenters. The van der Waals surface area contributed by atoms with E-state index in [1.54, 1.807) is 24.3 Å². The molecule has 2 N–H and O–H groups in total. The summed E-state index contributed by atoms with van der Waals surface area (Å²) in [7, 11) is 1.41. The molecule has 0 saturated carbocycles. The normalized spacial score (nSPS) is 20.7. The van der Waals surface area contributed by atoms with E-state index in [1.165, 1.54) is 7.11 Å². The minimum atomic E-state index is -0.156. The Hall–Kier alpha value is -2.39. The minimum Gasteiger partial charge on any atom is -0.469 e. The summed E-state index contributed by atoms with van der Waals surface area (Å²) in [5.74, 6) is -0.275. The van der Waals surface area contributed by atoms with Crippen LogP contribution in [0, 0.1) is 17.2 Å². The molecule has 6 heteroatoms. The van der Waals surface area contributed by atoms with Gasteiger partial charge in [-0.2, -0.15) is 5.26 Å². The van der Waals surface area contributed by atoms with Crippen LogP contribution in [-0.2, 0) is 14.3 Å². The summed E-state index contributed by atoms with van der Waals surface area (Å²) >= 11 is 0. The molecule has 1 aromatic carbocycles. The van der Waals surface area contributed by atoms with Gasteiger partial charge in [-0.3, -0.25) is 9.59 Å². The van der Waals surface area contributed by atoms with Crippen LogP contribution >= 0.6 is 0 Å². The molecule has 1 aliphatic rings. The highest BCUT2D eigenvalue weighted by molar-refractivity contribution is 5.91. The van der Waals surface area contributed by atoms with E-state index in [1.807, 2.05) is 6.07 Å². The van der Waals surface area contributed by atoms with Gasteiger partial charge in [-0.15, -0.1) is 0 Å². The van der Waals surface area contributed by atoms with Gasteiger partial charge >= 0.3 is 5.97 Å². The number of methoxy groups -OCH3 is 1. The van der Waals surface area contributed by atoms with Gasteiger partial charge in [-0.05, 0) is 18.2 Å². The monoisotopic (exact) mass is 302 g/mol. The first kappa shape index (κ1) is 16.0. The van der Waals surface area contributed by atoms with Crippen molar-refractivity contribution in [1.82, 2.24) is 0 Å². The summed E-state index contributed by atoms with van der Waals surface area (Å²) in [5.41, 5.74) is 1.15. The third kappa shape index (κ3) is 4.30. The van der Waals surface area contributed by atoms with E-state index in [9.17, 15) is 9.59 Å². The van der Waals surface area contributed by atoms with Crippen molar-refractivity contribution in [1.29, 1.82) is 5.26 Å². The Balaban J connectivity index is 1.81. The molecule has 2 rings (SSSR count). The van der Waals surface area contributed by atoms with Gasteiger partial charge in [0.15, 0.2) is 6.54 Å². The molecule has 0 bridgehead atoms. The van der Waals surface area contributed by atoms with E-state index in [4.69, 9.17) is 10.00 Å². The van der Waals surface area contributed by atoms with Crippen LogP contribution in [0.3, 0.4) is 0 Å². The maximum atomic E-state index is 12.0. The molecular formula is C16H20N3O3+. The fourth-order valence-electron chi connectivity index (χ4n) is 2.70. The number of carbonyl (C=O) groups is 2. The quantitative estimate of drug-likeness (QED) is 0.765. The van der Waals surface area contributed by atoms with Crippen LogP contribution in [-0.4, -0.2) is 38.6 Å². The van der Waals surface area contributed by atoms with Crippen molar-refractivity contribution in [3.05, 3.63) is 29.8 Å². The van der Waals surface area contributed by atoms with Crippen LogP contribution in [0.2, 0.25) is 0 Å². The lowest BCUT2D eigenvalue weighted by Crippen LogP contribution is -3.14. The molecule has 0 unspecified atom stereocenters. The van der Waals surface area contributed by atoms with Gasteiger partial charge in [-0.25, -0.2) is 0 Å². The van der Waals surface area contributed by atoms with Gasteiger partial charge in [0.05, 0.1) is 37.7 Å². The second kappa shape index (κ2) is 7.57. The molecule has 0 aliphatic carbocycles. The molecule has 1 aliphatic heterocycles. The molecule has 6 nitrogen and oxygen atoms in total. The summed E-state index contributed by atoms with van der Waals surface area (Å²) in [5, 5.41) is 11.6. The van der Waals surface area contributed by atoms with Crippen molar-refractivity contribution in [3.8, 4) is 6.07 Å². The molecule has 0 radical (unpaired) electrons. The number of likely N-dealkylation sites (tertiary alicyclic amines) is 1. The average Bonchev–Trinajstić information content (AvgIpc) is 2.55. The van der Waals surface area contributed by atoms with Crippen LogP contribution in [0.5, 0.6) is 0 Å². The van der Waals surface area contributed by atoms with Gasteiger partial charge in [0, 0.05) is 18.5 Å². The Bertz CT molecular complexity index is 587. The lowest BCUT2D eigenvalue weighted by atomic mass is 9.97. The maximum absolute atomic E-state index is 12.0. The van der Waals surface area contributed by atoms with Crippen molar-refractivity contribution in [2.75, 3.05) is 32.1 Å². The van der Waals surface area contributed by atoms with Crippen molar-refractivity contribution in [2.24, 2.45) is 5.92 Å². The number of piperidine rings is 1. The third-order valence-corrected chi connectivity index (χ3v) is 3.91. The number of amides is 1. The largest absolute Gasteiger partial charge is 0.469 e. The first-order chi connectivity index (χ1) is 10.6. The van der Waals surface area contributed by atoms with E-state index in [2.05, 4.69) is 5.32 Å². The maximum Gasteiger partial charge on any atom is 0.309 e. The van der Waals surface area contributed by atoms with Crippen LogP contribution in [0.1, 0.15) is 18.4 Å². The average molecular weight is 302 g/mol. The highest BCUT2D eigenvalue weighted by atomic mass is 16.5. The van der Waals surface area contributed by atoms with Gasteiger partial charge in [0.2, 0.25) is 0 Å². The Morgan fingerprint density at radius 3 is 2.77 bits per heavy atom. The molecule has 116 valence electrons. The van der Waals surface area contributed by atoms with Gasteiger partial charge in [0.1, 0.15) is 0 Å². The number of ether oxygens (including phenoxy) is 1. The summed E-state index contributed by atoms with van der Waals surface area (Å²) in [4.78, 5) is 24.7. The topological polar surface area (TPSA) is 83.6 Å². The van der Waals surface area contributed by atoms with Crippen molar-refractivity contribution < 1.29 is 19.2 Å². The molecule has 22 heavy (non-hydrogen) atoms. The number of hydrogen-bond acceptors (Lipinski definition) is 4. The smallest absolute Gasteiger partial charge is 0.309 e. The molecule has 1 heterocycles. The van der Waals surface area contributed by atoms with Crippen LogP contribution in [0.4, 0.5) is 5.69 Å². The Morgan fingerprint density at radius 2 is 2.14 bits per heavy atom. The number of nitrogens with one attached hydrogen (secondary N) is 2. The Morgan fingerprint density at radius 1 is 1.41 bits per heavy atom. The Kier molecular flexibility index (Phi) is 5.50. The summed E-state index contributed by atoms with van der Waals surface area (Å²) in [6, 6.07) is 8.89. The molecule has 1 fully saturated rings. The number of esters is 1. The summed E-state index contributed by atoms with van der Waals surface area (Å²) in [6.45, 7) is 1.93. The zero-order valence-electron chi connectivity index (χ0n) is 12.6. The molecule has 0 spiro atoms. The SMILES string of the molecule is COC(=O)C1CC[NH+](CC(=O)Nc2cccc(C#N)c2)CC1. The van der Waals surface area contributed by atoms with Crippen LogP contribution in [0.25, 0.3) is 0 Å². The predicted molar refractivity (Wildman–Crippen MR) is 80.1 cm³/mol. The number of hydrogen-bond donors (Lipinski definition) is 2. The first-order valence-electron chi connectivity index (χ1n) is 7.33. The molecule has 1 aromatic rings. The van der Waals surface area contributed by atoms with E-state index in [-0.39, 0.29) is 17.8 Å². The van der Waals surface area contributed by atoms with Crippen molar-refractivity contribution in [2.45, 2.75) is 12.8 Å². The van der Waals surface area contributed by atoms with E-state index < -0.39 is 0 Å². The van der Waals surface area contributed by atoms with Crippen molar-refractivity contribution >= 4 is 17.6 Å². The standard InChI is InChI=1S/C16H19N3O3/c1-22-16(21)13-5-7-19(8-6-13)11-15(20)18-14-4-2-3-12(9-14)10-17/h2-4,9,13H,5-8,11H2,1H3,(H,18,20)/p+1. The third-order valence-electron chi connectivity index (χ3n) is 3.91. The van der Waals surface area contributed by atoms with E-state index >= 15 is 0 Å². The molecule has 0 aromatic heterocycles. The number of rotatable bonds is 4. The highest BCUT2D eigenvalue weighted by Crippen LogP contribution is 2.11. The summed E-state index contributed by atoms with van der Waals surface area (Å²) in [6.07, 6.45) is 1.50. The second-order valence-electron chi connectivity index (χ2n) is 5.46. The predicted octanol–water partition coefficient (Wildman–Crippen LogP) is -0.0353. The minimum absolute atomic E-state index is 0.0379. The van der Waals surface area contributed by atoms with E-state index in [0.29, 0.717) is 17.8 Å². The molecular weight excluding hydrogens is 282 g/mol. The van der Waals surface area contributed by atoms with Gasteiger partial charge in [-0.1, -0.05) is 6.07 Å². The van der Waals surface area contributed by atoms with Crippen molar-refractivity contribution in [3.63, 3.8) is 0 Å². The highest BCUT2D eigenvalue weighted by Gasteiger charge is 2.28. The van der Waals surface area contributed by atoms with Gasteiger partial charge in [0.25, 0.3) is 5.91 Å². The Labute approximate surface area is 129 Å².